The van der Waals surface area contributed by atoms with Crippen LogP contribution in [-0.4, -0.2) is 29.6 Å². The number of halogens is 2. The molecule has 0 aliphatic carbocycles. The Balaban J connectivity index is 2.38. The Bertz CT molecular complexity index is 471. The van der Waals surface area contributed by atoms with Crippen molar-refractivity contribution in [1.82, 2.24) is 0 Å². The van der Waals surface area contributed by atoms with Gasteiger partial charge >= 0.3 is 0 Å². The van der Waals surface area contributed by atoms with Crippen molar-refractivity contribution in [2.24, 2.45) is 0 Å². The van der Waals surface area contributed by atoms with Gasteiger partial charge in [-0.15, -0.1) is 0 Å². The fraction of sp³-hybridized carbons (Fsp3) is 0.455. The van der Waals surface area contributed by atoms with Crippen molar-refractivity contribution in [2.45, 2.75) is 17.1 Å². The lowest BCUT2D eigenvalue weighted by atomic mass is 10.1. The molecule has 3 nitrogen and oxygen atoms in total. The van der Waals surface area contributed by atoms with Gasteiger partial charge in [0.1, 0.15) is 22.3 Å². The molecule has 0 saturated carbocycles. The van der Waals surface area contributed by atoms with Gasteiger partial charge in [-0.05, 0) is 18.6 Å². The molecule has 0 aromatic heterocycles. The highest BCUT2D eigenvalue weighted by molar-refractivity contribution is 8.03. The summed E-state index contributed by atoms with van der Waals surface area (Å²) in [6.07, 6.45) is -1.12. The molecule has 1 fully saturated rings. The van der Waals surface area contributed by atoms with E-state index in [1.165, 1.54) is 6.07 Å². The first kappa shape index (κ1) is 13.8. The molecule has 1 aromatic rings. The van der Waals surface area contributed by atoms with Gasteiger partial charge < -0.3 is 5.11 Å². The van der Waals surface area contributed by atoms with Crippen molar-refractivity contribution in [3.63, 3.8) is 0 Å². The third-order valence-electron chi connectivity index (χ3n) is 2.76. The van der Waals surface area contributed by atoms with E-state index < -0.39 is 49.5 Å². The number of hydrogen-bond acceptors (Lipinski definition) is 3. The van der Waals surface area contributed by atoms with Crippen molar-refractivity contribution in [2.75, 3.05) is 11.5 Å². The van der Waals surface area contributed by atoms with E-state index in [0.717, 1.165) is 12.1 Å². The largest absolute Gasteiger partial charge is 0.386 e. The fourth-order valence-corrected chi connectivity index (χ4v) is 5.80. The molecule has 0 spiro atoms. The minimum Gasteiger partial charge on any atom is -0.386 e. The maximum absolute atomic E-state index is 13.5. The standard InChI is InChI=1S/C11H12F2O3S2/c12-7-3-1-4-8(13)9(7)10(14)11-17(15)5-2-6-18(11)16/h1,3-4,10-11,14H,2,5-6H2/t10-,11?,17?,18?/m1/s1. The van der Waals surface area contributed by atoms with Gasteiger partial charge in [-0.2, -0.15) is 0 Å². The van der Waals surface area contributed by atoms with E-state index in [2.05, 4.69) is 0 Å². The molecule has 18 heavy (non-hydrogen) atoms. The molecule has 1 heterocycles. The smallest absolute Gasteiger partial charge is 0.140 e. The van der Waals surface area contributed by atoms with Crippen molar-refractivity contribution < 1.29 is 22.3 Å². The fourth-order valence-electron chi connectivity index (χ4n) is 1.91. The van der Waals surface area contributed by atoms with Gasteiger partial charge in [0.05, 0.1) is 5.56 Å². The number of aliphatic hydroxyl groups excluding tert-OH is 1. The van der Waals surface area contributed by atoms with Crippen LogP contribution >= 0.6 is 0 Å². The number of hydrogen-bond donors (Lipinski definition) is 1. The average Bonchev–Trinajstić information content (AvgIpc) is 2.28. The van der Waals surface area contributed by atoms with Gasteiger partial charge in [-0.25, -0.2) is 8.78 Å². The minimum atomic E-state index is -1.65. The second-order valence-electron chi connectivity index (χ2n) is 3.97. The first-order chi connectivity index (χ1) is 8.52. The van der Waals surface area contributed by atoms with Crippen LogP contribution < -0.4 is 0 Å². The molecule has 1 aromatic carbocycles. The third-order valence-corrected chi connectivity index (χ3v) is 6.98. The number of benzene rings is 1. The summed E-state index contributed by atoms with van der Waals surface area (Å²) in [5.41, 5.74) is -0.550. The van der Waals surface area contributed by atoms with Crippen molar-refractivity contribution in [1.29, 1.82) is 0 Å². The molecule has 0 amide bonds. The second-order valence-corrected chi connectivity index (χ2v) is 7.63. The van der Waals surface area contributed by atoms with E-state index in [-0.39, 0.29) is 0 Å². The van der Waals surface area contributed by atoms with E-state index in [9.17, 15) is 22.3 Å². The van der Waals surface area contributed by atoms with Gasteiger partial charge in [0.15, 0.2) is 0 Å². The van der Waals surface area contributed by atoms with Crippen LogP contribution in [0.1, 0.15) is 18.1 Å². The summed E-state index contributed by atoms with van der Waals surface area (Å²) in [5, 5.41) is 9.98. The molecular formula is C11H12F2O3S2. The summed E-state index contributed by atoms with van der Waals surface area (Å²) >= 11 is 0. The van der Waals surface area contributed by atoms with Crippen LogP contribution in [0, 0.1) is 11.6 Å². The van der Waals surface area contributed by atoms with E-state index in [4.69, 9.17) is 0 Å². The number of rotatable bonds is 2. The third kappa shape index (κ3) is 2.53. The van der Waals surface area contributed by atoms with Crippen molar-refractivity contribution in [3.05, 3.63) is 35.4 Å². The first-order valence-electron chi connectivity index (χ1n) is 5.38. The summed E-state index contributed by atoms with van der Waals surface area (Å²) in [7, 11) is -3.08. The molecule has 2 rings (SSSR count). The van der Waals surface area contributed by atoms with Gasteiger partial charge in [-0.3, -0.25) is 8.42 Å². The lowest BCUT2D eigenvalue weighted by molar-refractivity contribution is 0.183. The zero-order valence-corrected chi connectivity index (χ0v) is 11.0. The molecule has 100 valence electrons. The van der Waals surface area contributed by atoms with Crippen LogP contribution in [0.5, 0.6) is 0 Å². The zero-order valence-electron chi connectivity index (χ0n) is 9.34. The Hall–Kier alpha value is -0.660. The summed E-state index contributed by atoms with van der Waals surface area (Å²) in [6.45, 7) is 0. The Labute approximate surface area is 108 Å². The molecule has 3 atom stereocenters. The quantitative estimate of drug-likeness (QED) is 0.892. The Morgan fingerprint density at radius 2 is 1.67 bits per heavy atom. The van der Waals surface area contributed by atoms with Crippen molar-refractivity contribution >= 4 is 21.6 Å². The molecule has 1 saturated heterocycles. The normalized spacial score (nSPS) is 30.1. The maximum Gasteiger partial charge on any atom is 0.140 e. The predicted molar refractivity (Wildman–Crippen MR) is 65.7 cm³/mol. The highest BCUT2D eigenvalue weighted by Gasteiger charge is 2.37. The second kappa shape index (κ2) is 5.54. The molecule has 0 bridgehead atoms. The first-order valence-corrected chi connectivity index (χ1v) is 8.15. The van der Waals surface area contributed by atoms with Gasteiger partial charge in [0.2, 0.25) is 0 Å². The average molecular weight is 294 g/mol. The van der Waals surface area contributed by atoms with Crippen LogP contribution in [0.2, 0.25) is 0 Å². The Morgan fingerprint density at radius 1 is 1.17 bits per heavy atom. The molecule has 1 aliphatic heterocycles. The monoisotopic (exact) mass is 294 g/mol. The Morgan fingerprint density at radius 3 is 2.17 bits per heavy atom. The molecule has 7 heteroatoms. The lowest BCUT2D eigenvalue weighted by Crippen LogP contribution is -2.36. The zero-order chi connectivity index (χ0) is 13.3. The highest BCUT2D eigenvalue weighted by Crippen LogP contribution is 2.30. The topological polar surface area (TPSA) is 54.4 Å². The summed E-state index contributed by atoms with van der Waals surface area (Å²) in [4.78, 5) is 0. The predicted octanol–water partition coefficient (Wildman–Crippen LogP) is 1.23. The molecule has 0 radical (unpaired) electrons. The van der Waals surface area contributed by atoms with Crippen LogP contribution in [-0.2, 0) is 21.6 Å². The van der Waals surface area contributed by atoms with Crippen LogP contribution in [0.15, 0.2) is 18.2 Å². The van der Waals surface area contributed by atoms with Gasteiger partial charge in [0.25, 0.3) is 0 Å². The lowest BCUT2D eigenvalue weighted by Gasteiger charge is -2.26. The maximum atomic E-state index is 13.5. The van der Waals surface area contributed by atoms with E-state index in [1.807, 2.05) is 0 Å². The van der Waals surface area contributed by atoms with E-state index in [0.29, 0.717) is 17.9 Å². The van der Waals surface area contributed by atoms with Gasteiger partial charge in [0, 0.05) is 33.1 Å². The minimum absolute atomic E-state index is 0.295. The van der Waals surface area contributed by atoms with Gasteiger partial charge in [-0.1, -0.05) is 6.07 Å². The van der Waals surface area contributed by atoms with Crippen LogP contribution in [0.4, 0.5) is 8.78 Å². The SMILES string of the molecule is O=S1CCCS(=O)C1[C@H](O)c1c(F)cccc1F. The molecule has 2 unspecified atom stereocenters. The Kier molecular flexibility index (Phi) is 4.24. The molecular weight excluding hydrogens is 282 g/mol. The number of aliphatic hydroxyl groups is 1. The van der Waals surface area contributed by atoms with E-state index in [1.54, 1.807) is 0 Å². The summed E-state index contributed by atoms with van der Waals surface area (Å²) < 4.78 is 49.4. The highest BCUT2D eigenvalue weighted by atomic mass is 32.2. The van der Waals surface area contributed by atoms with Crippen LogP contribution in [0.3, 0.4) is 0 Å². The molecule has 1 N–H and O–H groups in total. The molecule has 1 aliphatic rings. The van der Waals surface area contributed by atoms with Crippen LogP contribution in [0.25, 0.3) is 0 Å². The van der Waals surface area contributed by atoms with Crippen molar-refractivity contribution in [3.8, 4) is 0 Å². The summed E-state index contributed by atoms with van der Waals surface area (Å²) in [5.74, 6) is -1.24. The summed E-state index contributed by atoms with van der Waals surface area (Å²) in [6, 6.07) is 3.20. The van der Waals surface area contributed by atoms with E-state index >= 15 is 0 Å².